The van der Waals surface area contributed by atoms with Crippen LogP contribution in [0.3, 0.4) is 0 Å². The van der Waals surface area contributed by atoms with Gasteiger partial charge in [0.25, 0.3) is 0 Å². The molecule has 0 aromatic carbocycles. The van der Waals surface area contributed by atoms with Crippen LogP contribution in [-0.4, -0.2) is 45.5 Å². The van der Waals surface area contributed by atoms with Gasteiger partial charge >= 0.3 is 6.09 Å². The quantitative estimate of drug-likeness (QED) is 0.567. The molecule has 15 heavy (non-hydrogen) atoms. The van der Waals surface area contributed by atoms with Crippen molar-refractivity contribution in [3.05, 3.63) is 0 Å². The van der Waals surface area contributed by atoms with E-state index in [1.807, 2.05) is 20.8 Å². The number of primary amides is 1. The van der Waals surface area contributed by atoms with Gasteiger partial charge in [-0.3, -0.25) is 0 Å². The Kier molecular flexibility index (Phi) is 9.64. The van der Waals surface area contributed by atoms with Crippen LogP contribution in [0.25, 0.3) is 0 Å². The van der Waals surface area contributed by atoms with E-state index in [0.29, 0.717) is 19.6 Å². The van der Waals surface area contributed by atoms with Gasteiger partial charge in [-0.1, -0.05) is 0 Å². The second-order valence-corrected chi connectivity index (χ2v) is 3.96. The molecule has 0 radical (unpaired) electrons. The van der Waals surface area contributed by atoms with E-state index in [9.17, 15) is 13.6 Å². The van der Waals surface area contributed by atoms with Crippen molar-refractivity contribution in [2.24, 2.45) is 5.73 Å². The molecule has 2 N–H and O–H groups in total. The summed E-state index contributed by atoms with van der Waals surface area (Å²) >= 11 is -1.97. The maximum atomic E-state index is 10.7. The lowest BCUT2D eigenvalue weighted by Crippen LogP contribution is -2.48. The highest BCUT2D eigenvalue weighted by Gasteiger charge is 2.21. The second-order valence-electron chi connectivity index (χ2n) is 2.75. The Bertz CT molecular complexity index is 199. The van der Waals surface area contributed by atoms with E-state index in [0.717, 1.165) is 0 Å². The molecule has 0 aromatic heterocycles. The van der Waals surface area contributed by atoms with Crippen molar-refractivity contribution >= 4 is 17.4 Å². The van der Waals surface area contributed by atoms with Gasteiger partial charge in [-0.15, -0.1) is 0 Å². The average Bonchev–Trinajstić information content (AvgIpc) is 2.21. The van der Waals surface area contributed by atoms with E-state index in [1.165, 1.54) is 7.11 Å². The molecule has 1 unspecified atom stereocenters. The number of carbonyl (C=O) groups excluding carboxylic acids is 1. The molecule has 0 rings (SSSR count). The number of hydrogen-bond donors (Lipinski definition) is 1. The predicted molar refractivity (Wildman–Crippen MR) is 57.4 cm³/mol. The highest BCUT2D eigenvalue weighted by atomic mass is 32.2. The smallest absolute Gasteiger partial charge is 0.404 e. The number of rotatable bonds is 4. The Balaban J connectivity index is 0. The molecule has 0 saturated carbocycles. The standard InChI is InChI=1S/C6H15NO2S.C2H5NO2/c1-4-7(5-2,6-3)10(8)9;1-5-2(3)4/h4-6H2,1-3H3;1H3,(H2,3,4). The van der Waals surface area contributed by atoms with Crippen molar-refractivity contribution in [2.45, 2.75) is 20.8 Å². The Morgan fingerprint density at radius 3 is 1.60 bits per heavy atom. The van der Waals surface area contributed by atoms with Gasteiger partial charge in [0.1, 0.15) is 11.3 Å². The lowest BCUT2D eigenvalue weighted by molar-refractivity contribution is -0.800. The summed E-state index contributed by atoms with van der Waals surface area (Å²) in [6, 6.07) is 0. The molecular formula is C8H20N2O4S. The molecule has 0 fully saturated rings. The number of hydrogen-bond acceptors (Lipinski definition) is 4. The summed E-state index contributed by atoms with van der Waals surface area (Å²) in [4.78, 5) is 9.37. The fraction of sp³-hybridized carbons (Fsp3) is 0.875. The minimum Gasteiger partial charge on any atom is -0.724 e. The molecule has 0 aliphatic carbocycles. The SMILES string of the molecule is CC[N+](CC)(CC)S(=O)[O-].COC(N)=O. The van der Waals surface area contributed by atoms with Gasteiger partial charge in [-0.05, 0) is 20.8 Å². The van der Waals surface area contributed by atoms with Crippen LogP contribution >= 0.6 is 0 Å². The van der Waals surface area contributed by atoms with Gasteiger partial charge in [0, 0.05) is 0 Å². The summed E-state index contributed by atoms with van der Waals surface area (Å²) in [5, 5.41) is 0. The van der Waals surface area contributed by atoms with Crippen LogP contribution in [0.1, 0.15) is 20.8 Å². The third-order valence-electron chi connectivity index (χ3n) is 2.25. The molecule has 0 aliphatic heterocycles. The lowest BCUT2D eigenvalue weighted by Gasteiger charge is -2.35. The van der Waals surface area contributed by atoms with Crippen LogP contribution in [0.4, 0.5) is 4.79 Å². The van der Waals surface area contributed by atoms with Crippen LogP contribution in [0.2, 0.25) is 0 Å². The van der Waals surface area contributed by atoms with E-state index < -0.39 is 17.4 Å². The van der Waals surface area contributed by atoms with E-state index in [4.69, 9.17) is 0 Å². The number of nitrogens with zero attached hydrogens (tertiary/aromatic N) is 1. The first kappa shape index (κ1) is 16.8. The van der Waals surface area contributed by atoms with Crippen molar-refractivity contribution in [1.82, 2.24) is 0 Å². The highest BCUT2D eigenvalue weighted by molar-refractivity contribution is 7.73. The Morgan fingerprint density at radius 1 is 1.33 bits per heavy atom. The third kappa shape index (κ3) is 6.43. The van der Waals surface area contributed by atoms with E-state index >= 15 is 0 Å². The number of ether oxygens (including phenoxy) is 1. The molecule has 92 valence electrons. The molecular weight excluding hydrogens is 220 g/mol. The molecule has 0 spiro atoms. The van der Waals surface area contributed by atoms with Crippen LogP contribution < -0.4 is 5.73 Å². The van der Waals surface area contributed by atoms with Crippen LogP contribution in [0.5, 0.6) is 0 Å². The minimum atomic E-state index is -1.97. The molecule has 0 aliphatic rings. The molecule has 0 bridgehead atoms. The zero-order valence-electron chi connectivity index (χ0n) is 9.69. The van der Waals surface area contributed by atoms with Crippen molar-refractivity contribution in [3.63, 3.8) is 0 Å². The monoisotopic (exact) mass is 240 g/mol. The zero-order chi connectivity index (χ0) is 12.5. The number of methoxy groups -OCH3 is 1. The number of amides is 1. The maximum Gasteiger partial charge on any atom is 0.404 e. The topological polar surface area (TPSA) is 92.4 Å². The van der Waals surface area contributed by atoms with Gasteiger partial charge in [-0.25, -0.2) is 12.9 Å². The van der Waals surface area contributed by atoms with Crippen molar-refractivity contribution in [2.75, 3.05) is 26.7 Å². The first-order valence-corrected chi connectivity index (χ1v) is 5.72. The highest BCUT2D eigenvalue weighted by Crippen LogP contribution is 2.07. The third-order valence-corrected chi connectivity index (χ3v) is 3.65. The van der Waals surface area contributed by atoms with Gasteiger partial charge in [-0.2, -0.15) is 0 Å². The molecule has 7 heteroatoms. The average molecular weight is 240 g/mol. The van der Waals surface area contributed by atoms with Gasteiger partial charge in [0.05, 0.1) is 26.7 Å². The molecule has 0 aromatic rings. The molecule has 6 nitrogen and oxygen atoms in total. The summed E-state index contributed by atoms with van der Waals surface area (Å²) in [6.07, 6.45) is -0.745. The van der Waals surface area contributed by atoms with Crippen molar-refractivity contribution in [3.8, 4) is 0 Å². The lowest BCUT2D eigenvalue weighted by atomic mass is 10.5. The summed E-state index contributed by atoms with van der Waals surface area (Å²) < 4.78 is 25.4. The summed E-state index contributed by atoms with van der Waals surface area (Å²) in [5.74, 6) is 0. The summed E-state index contributed by atoms with van der Waals surface area (Å²) in [7, 11) is 1.22. The molecule has 0 heterocycles. The fourth-order valence-electron chi connectivity index (χ4n) is 0.987. The van der Waals surface area contributed by atoms with Crippen LogP contribution in [-0.2, 0) is 16.0 Å². The largest absolute Gasteiger partial charge is 0.724 e. The molecule has 1 atom stereocenters. The van der Waals surface area contributed by atoms with Crippen molar-refractivity contribution in [1.29, 1.82) is 0 Å². The number of nitrogens with two attached hydrogens (primary N) is 1. The molecule has 0 saturated heterocycles. The zero-order valence-corrected chi connectivity index (χ0v) is 10.5. The Morgan fingerprint density at radius 2 is 1.60 bits per heavy atom. The second kappa shape index (κ2) is 8.63. The summed E-state index contributed by atoms with van der Waals surface area (Å²) in [5.41, 5.74) is 4.43. The normalized spacial score (nSPS) is 12.3. The van der Waals surface area contributed by atoms with E-state index in [-0.39, 0.29) is 3.89 Å². The van der Waals surface area contributed by atoms with Crippen molar-refractivity contribution < 1.29 is 22.2 Å². The Hall–Kier alpha value is -0.660. The predicted octanol–water partition coefficient (Wildman–Crippen LogP) is 0.369. The van der Waals surface area contributed by atoms with Crippen LogP contribution in [0.15, 0.2) is 0 Å². The number of quaternary nitrogens is 1. The van der Waals surface area contributed by atoms with Gasteiger partial charge < -0.3 is 15.0 Å². The molecule has 1 amide bonds. The van der Waals surface area contributed by atoms with E-state index in [2.05, 4.69) is 10.5 Å². The summed E-state index contributed by atoms with van der Waals surface area (Å²) in [6.45, 7) is 7.64. The minimum absolute atomic E-state index is 0.181. The fourth-order valence-corrected chi connectivity index (χ4v) is 1.62. The first-order valence-electron chi connectivity index (χ1n) is 4.69. The Labute approximate surface area is 93.4 Å². The van der Waals surface area contributed by atoms with Gasteiger partial charge in [0.15, 0.2) is 0 Å². The van der Waals surface area contributed by atoms with Crippen LogP contribution in [0, 0.1) is 0 Å². The maximum absolute atomic E-state index is 10.7. The number of carbonyl (C=O) groups is 1. The van der Waals surface area contributed by atoms with Gasteiger partial charge in [0.2, 0.25) is 0 Å². The first-order chi connectivity index (χ1) is 6.90. The van der Waals surface area contributed by atoms with E-state index in [1.54, 1.807) is 0 Å².